The fourth-order valence-corrected chi connectivity index (χ4v) is 4.54. The molecule has 1 unspecified atom stereocenters. The van der Waals surface area contributed by atoms with Crippen molar-refractivity contribution in [2.24, 2.45) is 0 Å². The van der Waals surface area contributed by atoms with Crippen molar-refractivity contribution in [3.63, 3.8) is 0 Å². The van der Waals surface area contributed by atoms with E-state index >= 15 is 0 Å². The Morgan fingerprint density at radius 1 is 1.35 bits per heavy atom. The van der Waals surface area contributed by atoms with Crippen LogP contribution in [0.5, 0.6) is 11.5 Å². The second-order valence-electron chi connectivity index (χ2n) is 6.88. The van der Waals surface area contributed by atoms with Crippen molar-refractivity contribution in [1.29, 1.82) is 0 Å². The number of thioether (sulfide) groups is 1. The Hall–Kier alpha value is -2.69. The van der Waals surface area contributed by atoms with Gasteiger partial charge in [0.05, 0.1) is 13.5 Å². The number of anilines is 2. The summed E-state index contributed by atoms with van der Waals surface area (Å²) < 4.78 is 15.3. The molecule has 1 aliphatic rings. The van der Waals surface area contributed by atoms with Crippen LogP contribution in [0.4, 0.5) is 10.9 Å². The first kappa shape index (κ1) is 21.5. The monoisotopic (exact) mass is 457 g/mol. The molecule has 2 N–H and O–H groups in total. The molecular weight excluding hydrogens is 434 g/mol. The lowest BCUT2D eigenvalue weighted by Crippen LogP contribution is -2.08. The van der Waals surface area contributed by atoms with E-state index < -0.39 is 0 Å². The predicted octanol–water partition coefficient (Wildman–Crippen LogP) is 4.20. The number of methoxy groups -OCH3 is 1. The van der Waals surface area contributed by atoms with E-state index in [1.165, 1.54) is 30.4 Å². The number of rotatable bonds is 9. The van der Waals surface area contributed by atoms with Crippen molar-refractivity contribution >= 4 is 40.2 Å². The van der Waals surface area contributed by atoms with Gasteiger partial charge in [-0.25, -0.2) is 9.97 Å². The van der Waals surface area contributed by atoms with Crippen molar-refractivity contribution in [3.05, 3.63) is 48.4 Å². The maximum absolute atomic E-state index is 11.4. The first-order valence-corrected chi connectivity index (χ1v) is 11.7. The summed E-state index contributed by atoms with van der Waals surface area (Å²) in [7, 11) is 1.39. The molecule has 1 fully saturated rings. The van der Waals surface area contributed by atoms with E-state index in [2.05, 4.69) is 25.0 Å². The summed E-state index contributed by atoms with van der Waals surface area (Å²) in [5.74, 6) is 3.43. The Kier molecular flexibility index (Phi) is 7.34. The minimum atomic E-state index is -0.232. The van der Waals surface area contributed by atoms with Crippen molar-refractivity contribution in [1.82, 2.24) is 19.7 Å². The number of nitrogens with zero attached hydrogens (tertiary/aromatic N) is 3. The molecule has 10 heteroatoms. The summed E-state index contributed by atoms with van der Waals surface area (Å²) in [5.41, 5.74) is 0. The van der Waals surface area contributed by atoms with Crippen LogP contribution in [0.3, 0.4) is 0 Å². The van der Waals surface area contributed by atoms with E-state index in [-0.39, 0.29) is 5.97 Å². The highest BCUT2D eigenvalue weighted by atomic mass is 32.2. The number of esters is 1. The Bertz CT molecular complexity index is 1010. The van der Waals surface area contributed by atoms with Crippen LogP contribution in [0.25, 0.3) is 0 Å². The number of ether oxygens (including phenoxy) is 2. The molecule has 3 heterocycles. The number of carbonyl (C=O) groups is 1. The van der Waals surface area contributed by atoms with Gasteiger partial charge < -0.3 is 20.1 Å². The third-order valence-corrected chi connectivity index (χ3v) is 6.30. The van der Waals surface area contributed by atoms with E-state index in [0.29, 0.717) is 40.5 Å². The van der Waals surface area contributed by atoms with Crippen LogP contribution >= 0.6 is 23.3 Å². The summed E-state index contributed by atoms with van der Waals surface area (Å²) in [4.78, 5) is 21.5. The van der Waals surface area contributed by atoms with E-state index in [1.807, 2.05) is 36.4 Å². The minimum Gasteiger partial charge on any atom is -0.469 e. The predicted molar refractivity (Wildman–Crippen MR) is 122 cm³/mol. The third kappa shape index (κ3) is 5.93. The van der Waals surface area contributed by atoms with Crippen LogP contribution in [0.1, 0.15) is 24.6 Å². The van der Waals surface area contributed by atoms with Crippen LogP contribution in [0.2, 0.25) is 0 Å². The average molecular weight is 458 g/mol. The Morgan fingerprint density at radius 2 is 2.23 bits per heavy atom. The largest absolute Gasteiger partial charge is 0.469 e. The lowest BCUT2D eigenvalue weighted by molar-refractivity contribution is -0.140. The molecule has 3 aromatic rings. The van der Waals surface area contributed by atoms with Gasteiger partial charge in [0, 0.05) is 40.8 Å². The van der Waals surface area contributed by atoms with Crippen LogP contribution in [0.15, 0.2) is 47.5 Å². The van der Waals surface area contributed by atoms with Gasteiger partial charge in [0.2, 0.25) is 5.13 Å². The molecule has 1 atom stereocenters. The van der Waals surface area contributed by atoms with Gasteiger partial charge in [-0.3, -0.25) is 4.79 Å². The molecule has 0 saturated carbocycles. The van der Waals surface area contributed by atoms with Gasteiger partial charge in [-0.1, -0.05) is 18.2 Å². The Balaban J connectivity index is 1.51. The van der Waals surface area contributed by atoms with E-state index in [9.17, 15) is 4.79 Å². The number of hydrogen-bond acceptors (Lipinski definition) is 10. The van der Waals surface area contributed by atoms with Gasteiger partial charge in [0.15, 0.2) is 11.6 Å². The number of pyridine rings is 1. The number of benzene rings is 1. The van der Waals surface area contributed by atoms with E-state index in [4.69, 9.17) is 9.47 Å². The van der Waals surface area contributed by atoms with Crippen molar-refractivity contribution in [2.45, 2.75) is 23.7 Å². The van der Waals surface area contributed by atoms with Gasteiger partial charge in [0.25, 0.3) is 0 Å². The standard InChI is InChI=1S/C21H23N5O3S2/c1-28-18(27)8-10-30-16-11-17(29-15-5-3-2-4-6-15)20(23-13-16)25-21-24-19(26-31-21)14-7-9-22-12-14/h2-6,11,13-14,22H,7-10,12H2,1H3,(H,23,24,25,26). The number of nitrogens with one attached hydrogen (secondary N) is 2. The average Bonchev–Trinajstić information content (AvgIpc) is 3.48. The molecule has 0 amide bonds. The molecule has 1 aromatic carbocycles. The molecule has 1 aliphatic heterocycles. The zero-order valence-electron chi connectivity index (χ0n) is 17.0. The van der Waals surface area contributed by atoms with E-state index in [0.717, 1.165) is 30.2 Å². The molecule has 162 valence electrons. The fourth-order valence-electron chi connectivity index (χ4n) is 3.07. The highest BCUT2D eigenvalue weighted by Gasteiger charge is 2.21. The lowest BCUT2D eigenvalue weighted by atomic mass is 10.1. The molecule has 0 spiro atoms. The molecule has 31 heavy (non-hydrogen) atoms. The fraction of sp³-hybridized carbons (Fsp3) is 0.333. The molecule has 8 nitrogen and oxygen atoms in total. The molecule has 0 bridgehead atoms. The summed E-state index contributed by atoms with van der Waals surface area (Å²) in [6.45, 7) is 1.91. The quantitative estimate of drug-likeness (QED) is 0.362. The third-order valence-electron chi connectivity index (χ3n) is 4.69. The summed E-state index contributed by atoms with van der Waals surface area (Å²) in [6, 6.07) is 11.4. The normalized spacial score (nSPS) is 15.6. The molecule has 1 saturated heterocycles. The topological polar surface area (TPSA) is 98.3 Å². The van der Waals surface area contributed by atoms with Crippen LogP contribution in [-0.4, -0.2) is 46.3 Å². The van der Waals surface area contributed by atoms with E-state index in [1.54, 1.807) is 6.20 Å². The lowest BCUT2D eigenvalue weighted by Gasteiger charge is -2.12. The molecule has 2 aromatic heterocycles. The van der Waals surface area contributed by atoms with Gasteiger partial charge >= 0.3 is 5.97 Å². The Labute approximate surface area is 189 Å². The first-order chi connectivity index (χ1) is 15.2. The molecule has 0 aliphatic carbocycles. The number of hydrogen-bond donors (Lipinski definition) is 2. The second kappa shape index (κ2) is 10.6. The van der Waals surface area contributed by atoms with Crippen molar-refractivity contribution < 1.29 is 14.3 Å². The summed E-state index contributed by atoms with van der Waals surface area (Å²) in [6.07, 6.45) is 3.14. The SMILES string of the molecule is COC(=O)CCSc1cnc(Nc2nc(C3CCNC3)ns2)c(Oc2ccccc2)c1. The Morgan fingerprint density at radius 3 is 3.00 bits per heavy atom. The second-order valence-corrected chi connectivity index (χ2v) is 8.80. The summed E-state index contributed by atoms with van der Waals surface area (Å²) >= 11 is 2.84. The van der Waals surface area contributed by atoms with Gasteiger partial charge in [0.1, 0.15) is 11.6 Å². The molecule has 0 radical (unpaired) electrons. The van der Waals surface area contributed by atoms with Crippen LogP contribution in [-0.2, 0) is 9.53 Å². The molecular formula is C21H23N5O3S2. The first-order valence-electron chi connectivity index (χ1n) is 9.95. The zero-order chi connectivity index (χ0) is 21.5. The minimum absolute atomic E-state index is 0.232. The number of para-hydroxylation sites is 1. The highest BCUT2D eigenvalue weighted by Crippen LogP contribution is 2.34. The zero-order valence-corrected chi connectivity index (χ0v) is 18.7. The maximum atomic E-state index is 11.4. The number of carbonyl (C=O) groups excluding carboxylic acids is 1. The number of aromatic nitrogens is 3. The van der Waals surface area contributed by atoms with Crippen LogP contribution in [0, 0.1) is 0 Å². The smallest absolute Gasteiger partial charge is 0.306 e. The molecule has 4 rings (SSSR count). The van der Waals surface area contributed by atoms with Gasteiger partial charge in [-0.2, -0.15) is 4.37 Å². The maximum Gasteiger partial charge on any atom is 0.306 e. The van der Waals surface area contributed by atoms with Crippen molar-refractivity contribution in [3.8, 4) is 11.5 Å². The van der Waals surface area contributed by atoms with Crippen molar-refractivity contribution in [2.75, 3.05) is 31.3 Å². The van der Waals surface area contributed by atoms with Gasteiger partial charge in [-0.05, 0) is 31.2 Å². The highest BCUT2D eigenvalue weighted by molar-refractivity contribution is 7.99. The summed E-state index contributed by atoms with van der Waals surface area (Å²) in [5, 5.41) is 7.27. The van der Waals surface area contributed by atoms with Gasteiger partial charge in [-0.15, -0.1) is 11.8 Å². The van der Waals surface area contributed by atoms with Crippen LogP contribution < -0.4 is 15.4 Å².